The van der Waals surface area contributed by atoms with Gasteiger partial charge in [0, 0.05) is 38.9 Å². The predicted octanol–water partition coefficient (Wildman–Crippen LogP) is 1.26. The molecule has 2 fully saturated rings. The van der Waals surface area contributed by atoms with E-state index in [9.17, 15) is 0 Å². The van der Waals surface area contributed by atoms with Gasteiger partial charge in [-0.1, -0.05) is 6.92 Å². The number of nitrogens with one attached hydrogen (secondary N) is 1. The molecule has 0 aromatic carbocycles. The fourth-order valence-electron chi connectivity index (χ4n) is 3.21. The number of hydrogen-bond acceptors (Lipinski definition) is 3. The predicted molar refractivity (Wildman–Crippen MR) is 69.3 cm³/mol. The van der Waals surface area contributed by atoms with Crippen molar-refractivity contribution in [3.05, 3.63) is 11.9 Å². The van der Waals surface area contributed by atoms with Gasteiger partial charge in [-0.05, 0) is 25.2 Å². The summed E-state index contributed by atoms with van der Waals surface area (Å²) in [6, 6.07) is 0. The molecule has 0 spiro atoms. The quantitative estimate of drug-likeness (QED) is 0.854. The molecule has 17 heavy (non-hydrogen) atoms. The zero-order valence-electron chi connectivity index (χ0n) is 10.8. The Hall–Kier alpha value is -1.03. The Morgan fingerprint density at radius 3 is 2.71 bits per heavy atom. The van der Waals surface area contributed by atoms with E-state index in [4.69, 9.17) is 4.98 Å². The van der Waals surface area contributed by atoms with Crippen LogP contribution in [0.15, 0.2) is 6.20 Å². The number of rotatable bonds is 3. The summed E-state index contributed by atoms with van der Waals surface area (Å²) in [6.07, 6.45) is 3.36. The first-order chi connectivity index (χ1) is 8.28. The summed E-state index contributed by atoms with van der Waals surface area (Å²) in [4.78, 5) is 7.19. The molecular formula is C13H22N4. The highest BCUT2D eigenvalue weighted by Crippen LogP contribution is 2.30. The monoisotopic (exact) mass is 234 g/mol. The summed E-state index contributed by atoms with van der Waals surface area (Å²) >= 11 is 0. The molecule has 2 aliphatic heterocycles. The molecule has 2 aliphatic rings. The van der Waals surface area contributed by atoms with E-state index in [0.717, 1.165) is 24.1 Å². The van der Waals surface area contributed by atoms with Gasteiger partial charge in [-0.2, -0.15) is 0 Å². The van der Waals surface area contributed by atoms with Crippen LogP contribution in [0.4, 0.5) is 5.95 Å². The average molecular weight is 234 g/mol. The van der Waals surface area contributed by atoms with E-state index in [0.29, 0.717) is 0 Å². The number of aromatic nitrogens is 2. The maximum absolute atomic E-state index is 4.71. The molecule has 4 nitrogen and oxygen atoms in total. The van der Waals surface area contributed by atoms with E-state index in [-0.39, 0.29) is 0 Å². The van der Waals surface area contributed by atoms with Crippen molar-refractivity contribution >= 4 is 5.95 Å². The molecule has 2 atom stereocenters. The fourth-order valence-corrected chi connectivity index (χ4v) is 3.21. The maximum Gasteiger partial charge on any atom is 0.205 e. The van der Waals surface area contributed by atoms with Crippen LogP contribution in [0.1, 0.15) is 19.0 Å². The van der Waals surface area contributed by atoms with Crippen LogP contribution in [0.25, 0.3) is 0 Å². The third kappa shape index (κ3) is 1.95. The number of fused-ring (bicyclic) bond motifs is 1. The Kier molecular flexibility index (Phi) is 2.82. The normalized spacial score (nSPS) is 27.8. The zero-order valence-corrected chi connectivity index (χ0v) is 10.8. The molecule has 3 heterocycles. The molecule has 0 radical (unpaired) electrons. The van der Waals surface area contributed by atoms with Crippen molar-refractivity contribution in [1.29, 1.82) is 0 Å². The van der Waals surface area contributed by atoms with Crippen molar-refractivity contribution in [2.45, 2.75) is 26.8 Å². The number of imidazole rings is 1. The van der Waals surface area contributed by atoms with E-state index in [1.807, 2.05) is 0 Å². The Morgan fingerprint density at radius 1 is 1.35 bits per heavy atom. The van der Waals surface area contributed by atoms with Crippen LogP contribution in [0.3, 0.4) is 0 Å². The van der Waals surface area contributed by atoms with Gasteiger partial charge in [0.25, 0.3) is 0 Å². The van der Waals surface area contributed by atoms with Crippen LogP contribution < -0.4 is 10.2 Å². The SMILES string of the molecule is CCCn1cc(C)nc1N1C[C@H]2CNC[C@H]2C1. The maximum atomic E-state index is 4.71. The third-order valence-electron chi connectivity index (χ3n) is 4.01. The number of hydrogen-bond donors (Lipinski definition) is 1. The highest BCUT2D eigenvalue weighted by molar-refractivity contribution is 5.36. The second-order valence-corrected chi connectivity index (χ2v) is 5.46. The first-order valence-electron chi connectivity index (χ1n) is 6.77. The second-order valence-electron chi connectivity index (χ2n) is 5.46. The number of nitrogens with zero attached hydrogens (tertiary/aromatic N) is 3. The molecule has 3 rings (SSSR count). The topological polar surface area (TPSA) is 33.1 Å². The van der Waals surface area contributed by atoms with Gasteiger partial charge in [0.05, 0.1) is 5.69 Å². The lowest BCUT2D eigenvalue weighted by molar-refractivity contribution is 0.533. The van der Waals surface area contributed by atoms with Crippen molar-refractivity contribution in [3.63, 3.8) is 0 Å². The molecule has 1 aromatic heterocycles. The van der Waals surface area contributed by atoms with E-state index < -0.39 is 0 Å². The molecule has 1 N–H and O–H groups in total. The van der Waals surface area contributed by atoms with Crippen LogP contribution in [-0.4, -0.2) is 35.7 Å². The van der Waals surface area contributed by atoms with Crippen LogP contribution >= 0.6 is 0 Å². The highest BCUT2D eigenvalue weighted by Gasteiger charge is 2.37. The second kappa shape index (κ2) is 4.33. The van der Waals surface area contributed by atoms with Crippen LogP contribution in [0.2, 0.25) is 0 Å². The van der Waals surface area contributed by atoms with Crippen LogP contribution in [0.5, 0.6) is 0 Å². The first kappa shape index (κ1) is 11.1. The van der Waals surface area contributed by atoms with Gasteiger partial charge in [0.2, 0.25) is 5.95 Å². The molecule has 0 amide bonds. The number of aryl methyl sites for hydroxylation is 2. The van der Waals surface area contributed by atoms with Gasteiger partial charge >= 0.3 is 0 Å². The Morgan fingerprint density at radius 2 is 2.06 bits per heavy atom. The van der Waals surface area contributed by atoms with Gasteiger partial charge in [-0.3, -0.25) is 0 Å². The smallest absolute Gasteiger partial charge is 0.205 e. The van der Waals surface area contributed by atoms with Gasteiger partial charge in [-0.25, -0.2) is 4.98 Å². The van der Waals surface area contributed by atoms with E-state index >= 15 is 0 Å². The standard InChI is InChI=1S/C13H22N4/c1-3-4-16-7-10(2)15-13(16)17-8-11-5-14-6-12(11)9-17/h7,11-12,14H,3-6,8-9H2,1-2H3/t11-,12+. The first-order valence-corrected chi connectivity index (χ1v) is 6.77. The summed E-state index contributed by atoms with van der Waals surface area (Å²) < 4.78 is 2.32. The van der Waals surface area contributed by atoms with Crippen LogP contribution in [0, 0.1) is 18.8 Å². The summed E-state index contributed by atoms with van der Waals surface area (Å²) in [5.41, 5.74) is 1.14. The van der Waals surface area contributed by atoms with Crippen molar-refractivity contribution < 1.29 is 0 Å². The number of anilines is 1. The Labute approximate surface area is 103 Å². The van der Waals surface area contributed by atoms with Crippen molar-refractivity contribution in [2.24, 2.45) is 11.8 Å². The lowest BCUT2D eigenvalue weighted by Crippen LogP contribution is -2.28. The summed E-state index contributed by atoms with van der Waals surface area (Å²) in [7, 11) is 0. The zero-order chi connectivity index (χ0) is 11.8. The average Bonchev–Trinajstić information content (AvgIpc) is 2.91. The van der Waals surface area contributed by atoms with Gasteiger partial charge in [0.15, 0.2) is 0 Å². The molecule has 4 heteroatoms. The molecule has 0 saturated carbocycles. The third-order valence-corrected chi connectivity index (χ3v) is 4.01. The summed E-state index contributed by atoms with van der Waals surface area (Å²) in [6.45, 7) is 10.1. The minimum Gasteiger partial charge on any atom is -0.342 e. The molecule has 1 aromatic rings. The van der Waals surface area contributed by atoms with Crippen molar-refractivity contribution in [3.8, 4) is 0 Å². The molecule has 0 bridgehead atoms. The van der Waals surface area contributed by atoms with E-state index in [1.165, 1.54) is 38.5 Å². The lowest BCUT2D eigenvalue weighted by Gasteiger charge is -2.19. The van der Waals surface area contributed by atoms with Crippen molar-refractivity contribution in [2.75, 3.05) is 31.1 Å². The molecule has 0 aliphatic carbocycles. The molecule has 94 valence electrons. The minimum absolute atomic E-state index is 0.835. The largest absolute Gasteiger partial charge is 0.342 e. The highest BCUT2D eigenvalue weighted by atomic mass is 15.3. The van der Waals surface area contributed by atoms with Crippen LogP contribution in [-0.2, 0) is 6.54 Å². The summed E-state index contributed by atoms with van der Waals surface area (Å²) in [5.74, 6) is 2.86. The Bertz CT molecular complexity index is 386. The van der Waals surface area contributed by atoms with Gasteiger partial charge in [0.1, 0.15) is 0 Å². The van der Waals surface area contributed by atoms with Gasteiger partial charge < -0.3 is 14.8 Å². The van der Waals surface area contributed by atoms with Gasteiger partial charge in [-0.15, -0.1) is 0 Å². The van der Waals surface area contributed by atoms with Crippen molar-refractivity contribution in [1.82, 2.24) is 14.9 Å². The minimum atomic E-state index is 0.835. The summed E-state index contributed by atoms with van der Waals surface area (Å²) in [5, 5.41) is 3.49. The van der Waals surface area contributed by atoms with E-state index in [1.54, 1.807) is 0 Å². The van der Waals surface area contributed by atoms with E-state index in [2.05, 4.69) is 34.8 Å². The molecular weight excluding hydrogens is 212 g/mol. The lowest BCUT2D eigenvalue weighted by atomic mass is 10.0. The fraction of sp³-hybridized carbons (Fsp3) is 0.769. The molecule has 2 saturated heterocycles. The molecule has 0 unspecified atom stereocenters. The Balaban J connectivity index is 1.80.